The van der Waals surface area contributed by atoms with Gasteiger partial charge in [-0.15, -0.1) is 69.7 Å². The summed E-state index contributed by atoms with van der Waals surface area (Å²) < 4.78 is 2.99. The second-order valence-electron chi connectivity index (χ2n) is 10.1. The number of benzene rings is 1. The molecule has 0 N–H and O–H groups in total. The standard InChI is InChI=1S/C32H38S6/c1-9-33-31(34-10-2)27-19-13-22-20(14-21(19)29-23(27)15-25(37-29)17(5)6)28(32(35-11-3)36-12-4)24-16-26(18(7)8)38-30(22)24/h13-18H,9-12H2,1-8H3. The van der Waals surface area contributed by atoms with Crippen molar-refractivity contribution in [3.63, 3.8) is 0 Å². The van der Waals surface area contributed by atoms with Crippen molar-refractivity contribution in [1.82, 2.24) is 0 Å². The van der Waals surface area contributed by atoms with Crippen LogP contribution in [0.25, 0.3) is 32.0 Å². The maximum Gasteiger partial charge on any atom is 0.0486 e. The van der Waals surface area contributed by atoms with Gasteiger partial charge in [-0.05, 0) is 70.2 Å². The van der Waals surface area contributed by atoms with E-state index in [0.717, 1.165) is 23.0 Å². The first-order valence-electron chi connectivity index (χ1n) is 13.8. The molecule has 0 radical (unpaired) electrons. The van der Waals surface area contributed by atoms with Crippen molar-refractivity contribution in [1.29, 1.82) is 0 Å². The zero-order chi connectivity index (χ0) is 27.1. The van der Waals surface area contributed by atoms with Crippen molar-refractivity contribution in [2.75, 3.05) is 23.0 Å². The number of fused-ring (bicyclic) bond motifs is 6. The van der Waals surface area contributed by atoms with Crippen LogP contribution in [0, 0.1) is 0 Å². The Labute approximate surface area is 254 Å². The molecular formula is C32H38S6. The molecule has 5 rings (SSSR count). The SMILES string of the molecule is CCSC(SCC)=C1c2cc3c(cc2-c2sc(C(C)C)cc21)C(=C(SCC)SCC)c1cc(C(C)C)sc1-3. The number of rotatable bonds is 10. The lowest BCUT2D eigenvalue weighted by Crippen LogP contribution is -1.92. The predicted octanol–water partition coefficient (Wildman–Crippen LogP) is 12.5. The third-order valence-electron chi connectivity index (χ3n) is 6.87. The summed E-state index contributed by atoms with van der Waals surface area (Å²) in [5.74, 6) is 5.53. The molecule has 38 heavy (non-hydrogen) atoms. The molecule has 0 saturated heterocycles. The molecule has 0 amide bonds. The van der Waals surface area contributed by atoms with Gasteiger partial charge in [-0.1, -0.05) is 55.4 Å². The summed E-state index contributed by atoms with van der Waals surface area (Å²) in [6.45, 7) is 18.5. The Morgan fingerprint density at radius 2 is 0.868 bits per heavy atom. The van der Waals surface area contributed by atoms with Crippen molar-refractivity contribution >= 4 is 80.9 Å². The van der Waals surface area contributed by atoms with E-state index in [2.05, 4.69) is 79.7 Å². The van der Waals surface area contributed by atoms with Crippen molar-refractivity contribution < 1.29 is 0 Å². The molecule has 202 valence electrons. The first-order chi connectivity index (χ1) is 18.3. The van der Waals surface area contributed by atoms with Gasteiger partial charge in [-0.2, -0.15) is 0 Å². The lowest BCUT2D eigenvalue weighted by atomic mass is 9.98. The van der Waals surface area contributed by atoms with Crippen LogP contribution >= 0.6 is 69.7 Å². The third-order valence-corrected chi connectivity index (χ3v) is 14.2. The molecule has 0 spiro atoms. The average Bonchev–Trinajstić information content (AvgIpc) is 3.61. The highest BCUT2D eigenvalue weighted by Crippen LogP contribution is 2.60. The number of thioether (sulfide) groups is 4. The summed E-state index contributed by atoms with van der Waals surface area (Å²) in [4.78, 5) is 5.97. The van der Waals surface area contributed by atoms with Gasteiger partial charge in [0.1, 0.15) is 0 Å². The molecule has 2 aliphatic carbocycles. The molecule has 0 bridgehead atoms. The predicted molar refractivity (Wildman–Crippen MR) is 186 cm³/mol. The minimum absolute atomic E-state index is 0.552. The van der Waals surface area contributed by atoms with Crippen molar-refractivity contribution in [2.45, 2.75) is 67.2 Å². The summed E-state index contributed by atoms with van der Waals surface area (Å²) in [7, 11) is 0. The van der Waals surface area contributed by atoms with Crippen LogP contribution in [0.2, 0.25) is 0 Å². The first-order valence-corrected chi connectivity index (χ1v) is 19.4. The van der Waals surface area contributed by atoms with E-state index in [0.29, 0.717) is 11.8 Å². The van der Waals surface area contributed by atoms with Crippen LogP contribution in [0.1, 0.15) is 99.2 Å². The summed E-state index contributed by atoms with van der Waals surface area (Å²) in [6.07, 6.45) is 0. The van der Waals surface area contributed by atoms with E-state index in [1.54, 1.807) is 0 Å². The number of hydrogen-bond donors (Lipinski definition) is 0. The lowest BCUT2D eigenvalue weighted by molar-refractivity contribution is 0.889. The van der Waals surface area contributed by atoms with E-state index in [9.17, 15) is 0 Å². The minimum atomic E-state index is 0.552. The molecule has 0 aliphatic heterocycles. The van der Waals surface area contributed by atoms with E-state index >= 15 is 0 Å². The fourth-order valence-corrected chi connectivity index (χ4v) is 12.2. The molecule has 0 unspecified atom stereocenters. The molecule has 0 saturated carbocycles. The van der Waals surface area contributed by atoms with Crippen LogP contribution < -0.4 is 0 Å². The maximum absolute atomic E-state index is 2.57. The third kappa shape index (κ3) is 5.05. The molecule has 0 fully saturated rings. The average molecular weight is 615 g/mol. The molecule has 0 nitrogen and oxygen atoms in total. The zero-order valence-electron chi connectivity index (χ0n) is 23.7. The highest BCUT2D eigenvalue weighted by molar-refractivity contribution is 8.22. The Bertz CT molecular complexity index is 1290. The van der Waals surface area contributed by atoms with Crippen molar-refractivity contribution in [3.05, 3.63) is 64.7 Å². The topological polar surface area (TPSA) is 0 Å². The Hall–Kier alpha value is -0.500. The molecule has 1 aromatic carbocycles. The largest absolute Gasteiger partial charge is 0.139 e. The Morgan fingerprint density at radius 3 is 1.16 bits per heavy atom. The second-order valence-corrected chi connectivity index (χ2v) is 17.9. The molecule has 6 heteroatoms. The van der Waals surface area contributed by atoms with E-state index in [1.165, 1.54) is 72.5 Å². The fourth-order valence-electron chi connectivity index (χ4n) is 5.18. The van der Waals surface area contributed by atoms with Gasteiger partial charge in [0.15, 0.2) is 0 Å². The van der Waals surface area contributed by atoms with E-state index < -0.39 is 0 Å². The lowest BCUT2D eigenvalue weighted by Gasteiger charge is -2.15. The quantitative estimate of drug-likeness (QED) is 0.153. The van der Waals surface area contributed by atoms with Crippen LogP contribution in [0.3, 0.4) is 0 Å². The number of hydrogen-bond acceptors (Lipinski definition) is 6. The highest BCUT2D eigenvalue weighted by Gasteiger charge is 2.36. The first kappa shape index (κ1) is 29.0. The van der Waals surface area contributed by atoms with Crippen LogP contribution in [0.4, 0.5) is 0 Å². The molecule has 3 aromatic rings. The van der Waals surface area contributed by atoms with Crippen LogP contribution in [0.5, 0.6) is 0 Å². The van der Waals surface area contributed by atoms with Crippen LogP contribution in [-0.2, 0) is 0 Å². The zero-order valence-corrected chi connectivity index (χ0v) is 28.6. The van der Waals surface area contributed by atoms with Gasteiger partial charge in [-0.25, -0.2) is 0 Å². The normalized spacial score (nSPS) is 13.4. The van der Waals surface area contributed by atoms with Gasteiger partial charge in [-0.3, -0.25) is 0 Å². The summed E-state index contributed by atoms with van der Waals surface area (Å²) in [6, 6.07) is 10.2. The van der Waals surface area contributed by atoms with Gasteiger partial charge < -0.3 is 0 Å². The smallest absolute Gasteiger partial charge is 0.0486 e. The molecule has 2 aromatic heterocycles. The Balaban J connectivity index is 1.83. The van der Waals surface area contributed by atoms with E-state index in [-0.39, 0.29) is 0 Å². The maximum atomic E-state index is 2.57. The minimum Gasteiger partial charge on any atom is -0.139 e. The Morgan fingerprint density at radius 1 is 0.526 bits per heavy atom. The fraction of sp³-hybridized carbons (Fsp3) is 0.438. The van der Waals surface area contributed by atoms with E-state index in [1.807, 2.05) is 69.7 Å². The summed E-state index contributed by atoms with van der Waals surface area (Å²) in [5, 5.41) is 0. The molecule has 0 atom stereocenters. The van der Waals surface area contributed by atoms with E-state index in [4.69, 9.17) is 0 Å². The van der Waals surface area contributed by atoms with Crippen molar-refractivity contribution in [3.8, 4) is 20.9 Å². The van der Waals surface area contributed by atoms with Crippen molar-refractivity contribution in [2.24, 2.45) is 0 Å². The molecule has 2 aliphatic rings. The molecular weight excluding hydrogens is 577 g/mol. The van der Waals surface area contributed by atoms with Gasteiger partial charge >= 0.3 is 0 Å². The summed E-state index contributed by atoms with van der Waals surface area (Å²) >= 11 is 12.1. The number of thiophene rings is 2. The van der Waals surface area contributed by atoms with Gasteiger partial charge in [0.05, 0.1) is 0 Å². The van der Waals surface area contributed by atoms with Gasteiger partial charge in [0.25, 0.3) is 0 Å². The Kier molecular flexibility index (Phi) is 9.28. The highest BCUT2D eigenvalue weighted by atomic mass is 32.2. The van der Waals surface area contributed by atoms with Crippen LogP contribution in [0.15, 0.2) is 32.7 Å². The molecule has 2 heterocycles. The van der Waals surface area contributed by atoms with Gasteiger partial charge in [0.2, 0.25) is 0 Å². The monoisotopic (exact) mass is 614 g/mol. The van der Waals surface area contributed by atoms with Gasteiger partial charge in [0, 0.05) is 61.4 Å². The van der Waals surface area contributed by atoms with Crippen LogP contribution in [-0.4, -0.2) is 23.0 Å². The second kappa shape index (κ2) is 12.2. The summed E-state index contributed by atoms with van der Waals surface area (Å²) in [5.41, 5.74) is 11.7.